The normalized spacial score (nSPS) is 17.4. The number of nitrogens with zero attached hydrogens (tertiary/aromatic N) is 2. The van der Waals surface area contributed by atoms with Crippen LogP contribution in [0.4, 0.5) is 0 Å². The third-order valence-corrected chi connectivity index (χ3v) is 8.53. The van der Waals surface area contributed by atoms with E-state index in [1.807, 2.05) is 0 Å². The van der Waals surface area contributed by atoms with Crippen molar-refractivity contribution < 1.29 is 12.9 Å². The molecule has 1 aromatic rings. The Morgan fingerprint density at radius 1 is 0.828 bits per heavy atom. The molecule has 0 bridgehead atoms. The molecular formula is C24H43N2O2S+. The van der Waals surface area contributed by atoms with Crippen molar-refractivity contribution >= 4 is 10.0 Å². The Hall–Kier alpha value is -0.910. The Bertz CT molecular complexity index is 653. The third kappa shape index (κ3) is 8.39. The summed E-state index contributed by atoms with van der Waals surface area (Å²) in [7, 11) is -3.10. The second-order valence-corrected chi connectivity index (χ2v) is 10.9. The molecule has 0 saturated carbocycles. The molecule has 2 rings (SSSR count). The highest BCUT2D eigenvalue weighted by atomic mass is 32.2. The first-order valence-electron chi connectivity index (χ1n) is 11.9. The molecule has 0 spiro atoms. The molecule has 0 radical (unpaired) electrons. The Morgan fingerprint density at radius 3 is 1.93 bits per heavy atom. The molecule has 1 aliphatic heterocycles. The first kappa shape index (κ1) is 24.4. The number of unbranched alkanes of at least 4 members (excludes halogenated alkanes) is 8. The minimum Gasteiger partial charge on any atom is -0.318 e. The third-order valence-electron chi connectivity index (χ3n) is 6.58. The van der Waals surface area contributed by atoms with Crippen molar-refractivity contribution in [1.82, 2.24) is 4.31 Å². The van der Waals surface area contributed by atoms with Gasteiger partial charge in [-0.1, -0.05) is 88.6 Å². The van der Waals surface area contributed by atoms with Gasteiger partial charge in [-0.05, 0) is 13.3 Å². The number of rotatable bonds is 14. The molecule has 0 amide bonds. The number of sulfonamides is 1. The van der Waals surface area contributed by atoms with Crippen LogP contribution in [0.2, 0.25) is 0 Å². The van der Waals surface area contributed by atoms with E-state index >= 15 is 0 Å². The summed E-state index contributed by atoms with van der Waals surface area (Å²) in [5, 5.41) is 0. The topological polar surface area (TPSA) is 37.4 Å². The van der Waals surface area contributed by atoms with Crippen LogP contribution in [-0.2, 0) is 16.6 Å². The zero-order valence-electron chi connectivity index (χ0n) is 18.8. The van der Waals surface area contributed by atoms with Crippen LogP contribution >= 0.6 is 0 Å². The van der Waals surface area contributed by atoms with Crippen LogP contribution in [0, 0.1) is 0 Å². The fourth-order valence-corrected chi connectivity index (χ4v) is 5.98. The quantitative estimate of drug-likeness (QED) is 0.305. The first-order valence-corrected chi connectivity index (χ1v) is 13.5. The largest absolute Gasteiger partial charge is 0.318 e. The van der Waals surface area contributed by atoms with Crippen LogP contribution in [0.25, 0.3) is 0 Å². The Labute approximate surface area is 179 Å². The van der Waals surface area contributed by atoms with Gasteiger partial charge in [-0.3, -0.25) is 0 Å². The molecule has 29 heavy (non-hydrogen) atoms. The second-order valence-electron chi connectivity index (χ2n) is 8.79. The molecule has 5 heteroatoms. The second kappa shape index (κ2) is 12.7. The lowest BCUT2D eigenvalue weighted by molar-refractivity contribution is -0.942. The lowest BCUT2D eigenvalue weighted by Crippen LogP contribution is -2.60. The Balaban J connectivity index is 1.69. The highest BCUT2D eigenvalue weighted by Gasteiger charge is 2.35. The number of quaternary nitrogens is 1. The molecule has 4 nitrogen and oxygen atoms in total. The van der Waals surface area contributed by atoms with E-state index in [0.29, 0.717) is 18.8 Å². The van der Waals surface area contributed by atoms with Crippen LogP contribution in [0.5, 0.6) is 0 Å². The van der Waals surface area contributed by atoms with Gasteiger partial charge in [0.1, 0.15) is 6.54 Å². The number of hydrogen-bond donors (Lipinski definition) is 0. The predicted octanol–water partition coefficient (Wildman–Crippen LogP) is 5.20. The van der Waals surface area contributed by atoms with E-state index in [1.165, 1.54) is 50.5 Å². The van der Waals surface area contributed by atoms with Gasteiger partial charge in [0.2, 0.25) is 10.0 Å². The Morgan fingerprint density at radius 2 is 1.38 bits per heavy atom. The molecule has 1 aliphatic rings. The summed E-state index contributed by atoms with van der Waals surface area (Å²) in [5.74, 6) is 0.327. The van der Waals surface area contributed by atoms with Crippen LogP contribution in [0.15, 0.2) is 30.3 Å². The van der Waals surface area contributed by atoms with E-state index in [9.17, 15) is 8.42 Å². The van der Waals surface area contributed by atoms with Crippen molar-refractivity contribution in [2.45, 2.75) is 78.2 Å². The summed E-state index contributed by atoms with van der Waals surface area (Å²) in [5.41, 5.74) is 1.35. The molecule has 166 valence electrons. The van der Waals surface area contributed by atoms with Crippen molar-refractivity contribution in [1.29, 1.82) is 0 Å². The maximum atomic E-state index is 12.8. The monoisotopic (exact) mass is 423 g/mol. The van der Waals surface area contributed by atoms with E-state index in [1.54, 1.807) is 4.31 Å². The van der Waals surface area contributed by atoms with Gasteiger partial charge in [-0.2, -0.15) is 4.31 Å². The average molecular weight is 424 g/mol. The summed E-state index contributed by atoms with van der Waals surface area (Å²) < 4.78 is 28.3. The minimum atomic E-state index is -3.10. The van der Waals surface area contributed by atoms with E-state index in [4.69, 9.17) is 0 Å². The van der Waals surface area contributed by atoms with E-state index in [0.717, 1.165) is 43.5 Å². The lowest BCUT2D eigenvalue weighted by atomic mass is 10.1. The molecular weight excluding hydrogens is 380 g/mol. The number of piperazine rings is 1. The van der Waals surface area contributed by atoms with Crippen LogP contribution in [0.1, 0.15) is 77.2 Å². The van der Waals surface area contributed by atoms with Crippen LogP contribution < -0.4 is 0 Å². The van der Waals surface area contributed by atoms with Crippen LogP contribution in [-0.4, -0.2) is 55.7 Å². The summed E-state index contributed by atoms with van der Waals surface area (Å²) in [4.78, 5) is 0. The van der Waals surface area contributed by atoms with Gasteiger partial charge in [0.05, 0.1) is 38.5 Å². The van der Waals surface area contributed by atoms with Crippen molar-refractivity contribution in [2.24, 2.45) is 0 Å². The van der Waals surface area contributed by atoms with Crippen LogP contribution in [0.3, 0.4) is 0 Å². The maximum absolute atomic E-state index is 12.8. The van der Waals surface area contributed by atoms with Gasteiger partial charge >= 0.3 is 0 Å². The molecule has 0 aliphatic carbocycles. The smallest absolute Gasteiger partial charge is 0.214 e. The molecule has 1 heterocycles. The SMILES string of the molecule is CCCCCCCCCCCS(=O)(=O)N1CC[N+](CC)(Cc2ccccc2)CC1. The van der Waals surface area contributed by atoms with Gasteiger partial charge < -0.3 is 4.48 Å². The highest BCUT2D eigenvalue weighted by molar-refractivity contribution is 7.89. The summed E-state index contributed by atoms with van der Waals surface area (Å²) in [6.45, 7) is 9.71. The van der Waals surface area contributed by atoms with Crippen molar-refractivity contribution in [3.05, 3.63) is 35.9 Å². The molecule has 1 fully saturated rings. The summed E-state index contributed by atoms with van der Waals surface area (Å²) in [6, 6.07) is 10.6. The average Bonchev–Trinajstić information content (AvgIpc) is 2.73. The van der Waals surface area contributed by atoms with Gasteiger partial charge in [-0.15, -0.1) is 0 Å². The minimum absolute atomic E-state index is 0.327. The predicted molar refractivity (Wildman–Crippen MR) is 123 cm³/mol. The van der Waals surface area contributed by atoms with Gasteiger partial charge in [0.25, 0.3) is 0 Å². The maximum Gasteiger partial charge on any atom is 0.214 e. The van der Waals surface area contributed by atoms with E-state index in [2.05, 4.69) is 44.2 Å². The zero-order valence-corrected chi connectivity index (χ0v) is 19.6. The van der Waals surface area contributed by atoms with Crippen molar-refractivity contribution in [2.75, 3.05) is 38.5 Å². The zero-order chi connectivity index (χ0) is 21.0. The standard InChI is InChI=1S/C24H43N2O2S/c1-3-5-6-7-8-9-10-11-15-22-29(27,28)25-18-20-26(4-2,21-19-25)23-24-16-13-12-14-17-24/h12-14,16-17H,3-11,15,18-23H2,1-2H3/q+1. The number of hydrogen-bond acceptors (Lipinski definition) is 2. The number of likely N-dealkylation sites (N-methyl/N-ethyl adjacent to an activating group) is 1. The molecule has 0 atom stereocenters. The summed E-state index contributed by atoms with van der Waals surface area (Å²) in [6.07, 6.45) is 10.9. The fourth-order valence-electron chi connectivity index (χ4n) is 4.43. The highest BCUT2D eigenvalue weighted by Crippen LogP contribution is 2.21. The van der Waals surface area contributed by atoms with Crippen molar-refractivity contribution in [3.8, 4) is 0 Å². The summed E-state index contributed by atoms with van der Waals surface area (Å²) >= 11 is 0. The molecule has 1 aromatic carbocycles. The van der Waals surface area contributed by atoms with E-state index in [-0.39, 0.29) is 0 Å². The van der Waals surface area contributed by atoms with Crippen molar-refractivity contribution in [3.63, 3.8) is 0 Å². The van der Waals surface area contributed by atoms with Gasteiger partial charge in [0, 0.05) is 5.56 Å². The molecule has 0 N–H and O–H groups in total. The first-order chi connectivity index (χ1) is 14.0. The van der Waals surface area contributed by atoms with E-state index < -0.39 is 10.0 Å². The number of benzene rings is 1. The fraction of sp³-hybridized carbons (Fsp3) is 0.750. The lowest BCUT2D eigenvalue weighted by Gasteiger charge is -2.44. The Kier molecular flexibility index (Phi) is 10.7. The molecule has 0 unspecified atom stereocenters. The van der Waals surface area contributed by atoms with Gasteiger partial charge in [-0.25, -0.2) is 8.42 Å². The van der Waals surface area contributed by atoms with Gasteiger partial charge in [0.15, 0.2) is 0 Å². The molecule has 0 aromatic heterocycles. The molecule has 1 saturated heterocycles.